The first-order chi connectivity index (χ1) is 26.7. The Labute approximate surface area is 360 Å². The minimum Gasteiger partial charge on any atom is -0.706 e. The number of rotatable bonds is 10. The first kappa shape index (κ1) is 48.8. The van der Waals surface area contributed by atoms with Crippen LogP contribution in [0.25, 0.3) is 28.0 Å². The zero-order valence-corrected chi connectivity index (χ0v) is 38.8. The van der Waals surface area contributed by atoms with Crippen LogP contribution in [0.2, 0.25) is 0 Å². The molecule has 2 aliphatic rings. The van der Waals surface area contributed by atoms with E-state index in [1.807, 2.05) is 49.6 Å². The molecule has 2 fully saturated rings. The summed E-state index contributed by atoms with van der Waals surface area (Å²) >= 11 is 0. The summed E-state index contributed by atoms with van der Waals surface area (Å²) in [5.41, 5.74) is 19.9. The van der Waals surface area contributed by atoms with Crippen LogP contribution in [0.1, 0.15) is 146 Å². The van der Waals surface area contributed by atoms with Crippen molar-refractivity contribution in [3.8, 4) is 28.0 Å². The molecule has 4 aromatic carbocycles. The van der Waals surface area contributed by atoms with Crippen molar-refractivity contribution in [3.05, 3.63) is 107 Å². The third-order valence-corrected chi connectivity index (χ3v) is 15.3. The van der Waals surface area contributed by atoms with E-state index in [1.165, 1.54) is 97.3 Å². The van der Waals surface area contributed by atoms with Gasteiger partial charge in [-0.3, -0.25) is 4.55 Å². The van der Waals surface area contributed by atoms with Gasteiger partial charge in [0.25, 0.3) is 10.1 Å². The number of methoxy groups -OCH3 is 1. The second-order valence-corrected chi connectivity index (χ2v) is 21.1. The van der Waals surface area contributed by atoms with Crippen LogP contribution < -0.4 is 10.0 Å². The van der Waals surface area contributed by atoms with Gasteiger partial charge in [-0.15, -0.1) is 41.5 Å². The smallest absolute Gasteiger partial charge is 0.706 e. The summed E-state index contributed by atoms with van der Waals surface area (Å²) in [6.07, 6.45) is 14.5. The van der Waals surface area contributed by atoms with Gasteiger partial charge in [0.15, 0.2) is 5.75 Å². The van der Waals surface area contributed by atoms with Gasteiger partial charge in [0, 0.05) is 13.5 Å². The molecule has 57 heavy (non-hydrogen) atoms. The molecule has 0 aliphatic heterocycles. The van der Waals surface area contributed by atoms with E-state index in [4.69, 9.17) is 15.0 Å². The van der Waals surface area contributed by atoms with Gasteiger partial charge in [-0.1, -0.05) is 96.8 Å². The molecule has 0 bridgehead atoms. The number of nitrogens with one attached hydrogen (secondary N) is 1. The number of benzene rings is 4. The van der Waals surface area contributed by atoms with E-state index in [0.29, 0.717) is 29.7 Å². The molecule has 0 atom stereocenters. The standard InChI is InChI=1S/C35H53O2P.C12H9N.CH4O3S.Pd/c1-23(2)27-20-30(24(3)4)34(31(21-27)25(5)6)33-26(22-36)18-19-32(37-7)35(33)38(28-14-10-8-11-15-28)29-16-12-9-13-17-29;13-12-9-5-4-8-11(12)10-6-2-1-3-7-10;1-5(2,3)4;/h18-21,23-25,28-29,36H,8-17,22H2,1-7H3;1-6,8-9,13H;1H3,(H,2,3,4);/q;-2;;+2/p+1. The summed E-state index contributed by atoms with van der Waals surface area (Å²) in [5, 5.41) is 12.4. The second kappa shape index (κ2) is 23.3. The SMILES string of the molecule is COc1ccc(CO)c(-c2c(C(C)C)cc(C(C)C)cc2C(C)C)c1[PH+](C1CCCCC1)C1CCCCC1.CS(=O)(=O)O.[NH-]c1ccccc1-c1[c-]cccc1.[Pd+2]. The van der Waals surface area contributed by atoms with E-state index in [-0.39, 0.29) is 27.0 Å². The molecule has 6 rings (SSSR count). The zero-order valence-electron chi connectivity index (χ0n) is 35.4. The molecule has 2 aliphatic carbocycles. The van der Waals surface area contributed by atoms with Gasteiger partial charge in [-0.2, -0.15) is 14.1 Å². The monoisotopic (exact) mass is 906 g/mol. The van der Waals surface area contributed by atoms with Gasteiger partial charge in [-0.05, 0) is 103 Å². The van der Waals surface area contributed by atoms with Gasteiger partial charge in [0.05, 0.1) is 31.3 Å². The van der Waals surface area contributed by atoms with Crippen molar-refractivity contribution in [1.82, 2.24) is 0 Å². The van der Waals surface area contributed by atoms with E-state index in [0.717, 1.165) is 33.8 Å². The minimum atomic E-state index is -3.67. The van der Waals surface area contributed by atoms with Gasteiger partial charge >= 0.3 is 20.4 Å². The van der Waals surface area contributed by atoms with Gasteiger partial charge in [0.1, 0.15) is 5.30 Å². The Kier molecular flexibility index (Phi) is 19.9. The summed E-state index contributed by atoms with van der Waals surface area (Å²) in [6, 6.07) is 27.7. The van der Waals surface area contributed by atoms with E-state index in [9.17, 15) is 13.5 Å². The summed E-state index contributed by atoms with van der Waals surface area (Å²) < 4.78 is 32.1. The molecule has 4 aromatic rings. The summed E-state index contributed by atoms with van der Waals surface area (Å²) in [4.78, 5) is 0. The molecule has 2 saturated carbocycles. The second-order valence-electron chi connectivity index (χ2n) is 16.6. The molecule has 0 saturated heterocycles. The predicted octanol–water partition coefficient (Wildman–Crippen LogP) is 13.1. The van der Waals surface area contributed by atoms with E-state index in [1.54, 1.807) is 6.07 Å². The molecule has 314 valence electrons. The quantitative estimate of drug-likeness (QED) is 0.0713. The van der Waals surface area contributed by atoms with E-state index < -0.39 is 18.0 Å². The molecule has 0 amide bonds. The predicted molar refractivity (Wildman–Crippen MR) is 240 cm³/mol. The average Bonchev–Trinajstić information content (AvgIpc) is 3.18. The third-order valence-electron chi connectivity index (χ3n) is 11.3. The molecular weight excluding hydrogens is 840 g/mol. The first-order valence-electron chi connectivity index (χ1n) is 20.7. The topological polar surface area (TPSA) is 108 Å². The molecular formula is C48H67NO5PPdS+. The fourth-order valence-electron chi connectivity index (χ4n) is 8.59. The number of hydrogen-bond donors (Lipinski definition) is 2. The van der Waals surface area contributed by atoms with Gasteiger partial charge in [-0.25, -0.2) is 0 Å². The molecule has 0 aromatic heterocycles. The summed E-state index contributed by atoms with van der Waals surface area (Å²) in [7, 11) is -2.71. The van der Waals surface area contributed by atoms with E-state index in [2.05, 4.69) is 71.9 Å². The van der Waals surface area contributed by atoms with E-state index >= 15 is 0 Å². The van der Waals surface area contributed by atoms with Crippen LogP contribution >= 0.6 is 7.92 Å². The van der Waals surface area contributed by atoms with Crippen molar-refractivity contribution in [2.75, 3.05) is 13.4 Å². The van der Waals surface area contributed by atoms with Crippen molar-refractivity contribution >= 4 is 29.0 Å². The number of ether oxygens (including phenoxy) is 1. The molecule has 0 unspecified atom stereocenters. The Bertz CT molecular complexity index is 1880. The van der Waals surface area contributed by atoms with Crippen LogP contribution in [0, 0.1) is 6.07 Å². The summed E-state index contributed by atoms with van der Waals surface area (Å²) in [6.45, 7) is 14.1. The molecule has 9 heteroatoms. The van der Waals surface area contributed by atoms with Crippen molar-refractivity contribution in [1.29, 1.82) is 0 Å². The van der Waals surface area contributed by atoms with Crippen LogP contribution in [0.4, 0.5) is 5.69 Å². The fraction of sp³-hybridized carbons (Fsp3) is 0.500. The Morgan fingerprint density at radius 3 is 1.70 bits per heavy atom. The number of hydrogen-bond acceptors (Lipinski definition) is 4. The zero-order chi connectivity index (χ0) is 41.0. The molecule has 0 spiro atoms. The Morgan fingerprint density at radius 2 is 1.28 bits per heavy atom. The normalized spacial score (nSPS) is 15.1. The van der Waals surface area contributed by atoms with Crippen molar-refractivity contribution in [2.45, 2.75) is 141 Å². The fourth-order valence-corrected chi connectivity index (χ4v) is 13.2. The van der Waals surface area contributed by atoms with Gasteiger partial charge < -0.3 is 15.6 Å². The van der Waals surface area contributed by atoms with Crippen molar-refractivity contribution < 1.29 is 43.2 Å². The third kappa shape index (κ3) is 13.7. The Hall–Kier alpha value is -2.56. The number of aliphatic hydroxyl groups excluding tert-OH is 1. The maximum absolute atomic E-state index is 10.8. The molecule has 6 nitrogen and oxygen atoms in total. The van der Waals surface area contributed by atoms with Crippen molar-refractivity contribution in [2.24, 2.45) is 0 Å². The molecule has 3 N–H and O–H groups in total. The number of aliphatic hydroxyl groups is 1. The Balaban J connectivity index is 0.000000377. The van der Waals surface area contributed by atoms with Crippen LogP contribution in [0.15, 0.2) is 72.8 Å². The first-order valence-corrected chi connectivity index (χ1v) is 24.2. The van der Waals surface area contributed by atoms with Crippen LogP contribution in [-0.4, -0.2) is 42.8 Å². The average molecular weight is 908 g/mol. The maximum Gasteiger partial charge on any atom is 2.00 e. The van der Waals surface area contributed by atoms with Crippen LogP contribution in [0.3, 0.4) is 0 Å². The maximum atomic E-state index is 10.8. The van der Waals surface area contributed by atoms with Crippen LogP contribution in [-0.2, 0) is 37.1 Å². The van der Waals surface area contributed by atoms with Crippen molar-refractivity contribution in [3.63, 3.8) is 0 Å². The summed E-state index contributed by atoms with van der Waals surface area (Å²) in [5.74, 6) is 2.39. The Morgan fingerprint density at radius 1 is 0.772 bits per heavy atom. The van der Waals surface area contributed by atoms with Gasteiger partial charge in [0.2, 0.25) is 0 Å². The largest absolute Gasteiger partial charge is 2.00 e. The molecule has 0 radical (unpaired) electrons. The minimum absolute atomic E-state index is 0. The van der Waals surface area contributed by atoms with Crippen LogP contribution in [0.5, 0.6) is 5.75 Å². The molecule has 0 heterocycles.